The number of likely N-dealkylation sites (N-methyl/N-ethyl adjacent to an activating group) is 1. The van der Waals surface area contributed by atoms with Gasteiger partial charge >= 0.3 is 0 Å². The molecule has 3 aromatic rings. The lowest BCUT2D eigenvalue weighted by atomic mass is 10.1. The molecule has 0 spiro atoms. The summed E-state index contributed by atoms with van der Waals surface area (Å²) in [5.41, 5.74) is 2.98. The van der Waals surface area contributed by atoms with Crippen LogP contribution in [0.1, 0.15) is 23.6 Å². The van der Waals surface area contributed by atoms with Gasteiger partial charge in [-0.15, -0.1) is 0 Å². The molecule has 36 heavy (non-hydrogen) atoms. The number of hydrogen-bond acceptors (Lipinski definition) is 4. The van der Waals surface area contributed by atoms with Crippen LogP contribution in [0.5, 0.6) is 0 Å². The summed E-state index contributed by atoms with van der Waals surface area (Å²) < 4.78 is 28.5. The zero-order valence-corrected chi connectivity index (χ0v) is 22.3. The molecular formula is C27H30ClN3O4S. The third kappa shape index (κ3) is 6.44. The summed E-state index contributed by atoms with van der Waals surface area (Å²) in [5.74, 6) is -0.877. The molecule has 1 atom stereocenters. The summed E-state index contributed by atoms with van der Waals surface area (Å²) in [6.07, 6.45) is 0. The summed E-state index contributed by atoms with van der Waals surface area (Å²) in [6.45, 7) is 5.00. The predicted octanol–water partition coefficient (Wildman–Crippen LogP) is 4.32. The lowest BCUT2D eigenvalue weighted by Gasteiger charge is -2.31. The van der Waals surface area contributed by atoms with Crippen LogP contribution < -0.4 is 9.62 Å². The van der Waals surface area contributed by atoms with Crippen LogP contribution in [0.3, 0.4) is 0 Å². The Morgan fingerprint density at radius 3 is 1.94 bits per heavy atom. The summed E-state index contributed by atoms with van der Waals surface area (Å²) in [5, 5.41) is 3.11. The van der Waals surface area contributed by atoms with Crippen molar-refractivity contribution in [2.45, 2.75) is 38.3 Å². The molecule has 3 rings (SSSR count). The number of hydrogen-bond donors (Lipinski definition) is 1. The first-order chi connectivity index (χ1) is 17.0. The van der Waals surface area contributed by atoms with E-state index >= 15 is 0 Å². The van der Waals surface area contributed by atoms with E-state index in [2.05, 4.69) is 5.32 Å². The van der Waals surface area contributed by atoms with Crippen molar-refractivity contribution in [1.29, 1.82) is 0 Å². The molecule has 190 valence electrons. The number of sulfonamides is 1. The second kappa shape index (κ2) is 11.6. The van der Waals surface area contributed by atoms with Gasteiger partial charge in [-0.1, -0.05) is 59.1 Å². The van der Waals surface area contributed by atoms with Gasteiger partial charge in [-0.2, -0.15) is 0 Å². The normalized spacial score (nSPS) is 12.0. The summed E-state index contributed by atoms with van der Waals surface area (Å²) in [7, 11) is -2.58. The van der Waals surface area contributed by atoms with Crippen molar-refractivity contribution in [3.63, 3.8) is 0 Å². The average molecular weight is 528 g/mol. The van der Waals surface area contributed by atoms with E-state index in [1.54, 1.807) is 67.6 Å². The van der Waals surface area contributed by atoms with E-state index in [-0.39, 0.29) is 17.3 Å². The SMILES string of the molecule is CNC(=O)[C@@H](C)N(Cc1ccc(Cl)cc1)C(=O)CN(c1ccc(C)cc1)S(=O)(=O)c1ccc(C)cc1. The van der Waals surface area contributed by atoms with E-state index < -0.39 is 28.5 Å². The van der Waals surface area contributed by atoms with Crippen molar-refractivity contribution in [2.24, 2.45) is 0 Å². The van der Waals surface area contributed by atoms with E-state index in [4.69, 9.17) is 11.6 Å². The quantitative estimate of drug-likeness (QED) is 0.449. The smallest absolute Gasteiger partial charge is 0.264 e. The number of carbonyl (C=O) groups excluding carboxylic acids is 2. The molecule has 0 aliphatic rings. The van der Waals surface area contributed by atoms with Gasteiger partial charge in [-0.3, -0.25) is 13.9 Å². The molecule has 0 aliphatic heterocycles. The standard InChI is InChI=1S/C27H30ClN3O4S/c1-19-5-13-24(14-6-19)31(36(34,35)25-15-7-20(2)8-16-25)18-26(32)30(21(3)27(33)29-4)17-22-9-11-23(28)12-10-22/h5-16,21H,17-18H2,1-4H3,(H,29,33)/t21-/m1/s1. The molecule has 0 radical (unpaired) electrons. The van der Waals surface area contributed by atoms with Crippen LogP contribution in [0.15, 0.2) is 77.7 Å². The fourth-order valence-corrected chi connectivity index (χ4v) is 5.20. The van der Waals surface area contributed by atoms with Crippen LogP contribution in [0.4, 0.5) is 5.69 Å². The predicted molar refractivity (Wildman–Crippen MR) is 142 cm³/mol. The van der Waals surface area contributed by atoms with Crippen molar-refractivity contribution < 1.29 is 18.0 Å². The fraction of sp³-hybridized carbons (Fsp3) is 0.259. The first-order valence-electron chi connectivity index (χ1n) is 11.4. The molecule has 7 nitrogen and oxygen atoms in total. The second-order valence-electron chi connectivity index (χ2n) is 8.60. The maximum absolute atomic E-state index is 13.7. The number of anilines is 1. The molecule has 0 unspecified atom stereocenters. The van der Waals surface area contributed by atoms with Crippen LogP contribution in [0.2, 0.25) is 5.02 Å². The van der Waals surface area contributed by atoms with Gasteiger partial charge in [0.25, 0.3) is 10.0 Å². The number of halogens is 1. The Morgan fingerprint density at radius 1 is 0.889 bits per heavy atom. The number of aryl methyl sites for hydroxylation is 2. The number of carbonyl (C=O) groups is 2. The highest BCUT2D eigenvalue weighted by atomic mass is 35.5. The number of nitrogens with zero attached hydrogens (tertiary/aromatic N) is 2. The highest BCUT2D eigenvalue weighted by Crippen LogP contribution is 2.25. The minimum absolute atomic E-state index is 0.0741. The molecule has 0 saturated carbocycles. The Morgan fingerprint density at radius 2 is 1.42 bits per heavy atom. The van der Waals surface area contributed by atoms with E-state index in [9.17, 15) is 18.0 Å². The van der Waals surface area contributed by atoms with Crippen LogP contribution in [0, 0.1) is 13.8 Å². The van der Waals surface area contributed by atoms with Crippen LogP contribution in [-0.4, -0.2) is 44.8 Å². The number of rotatable bonds is 9. The van der Waals surface area contributed by atoms with Gasteiger partial charge in [0.2, 0.25) is 11.8 Å². The van der Waals surface area contributed by atoms with Crippen molar-refractivity contribution in [1.82, 2.24) is 10.2 Å². The van der Waals surface area contributed by atoms with E-state index in [1.165, 1.54) is 24.1 Å². The van der Waals surface area contributed by atoms with Gasteiger partial charge < -0.3 is 10.2 Å². The average Bonchev–Trinajstić information content (AvgIpc) is 2.86. The maximum atomic E-state index is 13.7. The van der Waals surface area contributed by atoms with Gasteiger partial charge in [-0.05, 0) is 62.7 Å². The Bertz CT molecular complexity index is 1310. The lowest BCUT2D eigenvalue weighted by molar-refractivity contribution is -0.139. The van der Waals surface area contributed by atoms with Crippen LogP contribution in [-0.2, 0) is 26.2 Å². The Labute approximate surface area is 217 Å². The topological polar surface area (TPSA) is 86.8 Å². The molecular weight excluding hydrogens is 498 g/mol. The summed E-state index contributed by atoms with van der Waals surface area (Å²) in [4.78, 5) is 27.6. The Kier molecular flexibility index (Phi) is 8.76. The molecule has 0 aliphatic carbocycles. The van der Waals surface area contributed by atoms with Gasteiger partial charge in [0.1, 0.15) is 12.6 Å². The van der Waals surface area contributed by atoms with Crippen molar-refractivity contribution >= 4 is 39.1 Å². The molecule has 0 bridgehead atoms. The first-order valence-corrected chi connectivity index (χ1v) is 13.3. The molecule has 3 aromatic carbocycles. The van der Waals surface area contributed by atoms with Gasteiger partial charge in [0.15, 0.2) is 0 Å². The third-order valence-electron chi connectivity index (χ3n) is 5.89. The van der Waals surface area contributed by atoms with E-state index in [0.29, 0.717) is 10.7 Å². The molecule has 9 heteroatoms. The zero-order valence-electron chi connectivity index (χ0n) is 20.7. The van der Waals surface area contributed by atoms with Crippen LogP contribution >= 0.6 is 11.6 Å². The van der Waals surface area contributed by atoms with Crippen molar-refractivity contribution in [3.05, 3.63) is 94.5 Å². The Balaban J connectivity index is 2.01. The largest absolute Gasteiger partial charge is 0.357 e. The van der Waals surface area contributed by atoms with E-state index in [1.807, 2.05) is 13.8 Å². The fourth-order valence-electron chi connectivity index (χ4n) is 3.66. The highest BCUT2D eigenvalue weighted by molar-refractivity contribution is 7.92. The molecule has 0 fully saturated rings. The Hall–Kier alpha value is -3.36. The lowest BCUT2D eigenvalue weighted by Crippen LogP contribution is -2.50. The van der Waals surface area contributed by atoms with Gasteiger partial charge in [0, 0.05) is 18.6 Å². The summed E-state index contributed by atoms with van der Waals surface area (Å²) in [6, 6.07) is 19.5. The minimum atomic E-state index is -4.07. The zero-order chi connectivity index (χ0) is 26.5. The molecule has 2 amide bonds. The molecule has 1 N–H and O–H groups in total. The minimum Gasteiger partial charge on any atom is -0.357 e. The summed E-state index contributed by atoms with van der Waals surface area (Å²) >= 11 is 5.99. The first kappa shape index (κ1) is 27.2. The number of nitrogens with one attached hydrogen (secondary N) is 1. The van der Waals surface area contributed by atoms with Gasteiger partial charge in [-0.25, -0.2) is 8.42 Å². The monoisotopic (exact) mass is 527 g/mol. The number of benzene rings is 3. The van der Waals surface area contributed by atoms with Crippen LogP contribution in [0.25, 0.3) is 0 Å². The van der Waals surface area contributed by atoms with Crippen molar-refractivity contribution in [2.75, 3.05) is 17.9 Å². The number of amides is 2. The van der Waals surface area contributed by atoms with Crippen molar-refractivity contribution in [3.8, 4) is 0 Å². The third-order valence-corrected chi connectivity index (χ3v) is 7.93. The molecule has 0 saturated heterocycles. The highest BCUT2D eigenvalue weighted by Gasteiger charge is 2.32. The molecule has 0 heterocycles. The van der Waals surface area contributed by atoms with E-state index in [0.717, 1.165) is 21.0 Å². The molecule has 0 aromatic heterocycles. The van der Waals surface area contributed by atoms with Gasteiger partial charge in [0.05, 0.1) is 10.6 Å². The maximum Gasteiger partial charge on any atom is 0.264 e. The second-order valence-corrected chi connectivity index (χ2v) is 10.9.